The molecular weight excluding hydrogens is 210 g/mol. The van der Waals surface area contributed by atoms with Crippen molar-refractivity contribution in [1.82, 2.24) is 4.90 Å². The van der Waals surface area contributed by atoms with Gasteiger partial charge >= 0.3 is 0 Å². The number of piperidine rings is 1. The molecule has 0 spiro atoms. The van der Waals surface area contributed by atoms with E-state index in [0.29, 0.717) is 0 Å². The number of likely N-dealkylation sites (N-methyl/N-ethyl adjacent to an activating group) is 1. The van der Waals surface area contributed by atoms with E-state index in [0.717, 1.165) is 17.7 Å². The van der Waals surface area contributed by atoms with Gasteiger partial charge in [0.15, 0.2) is 0 Å². The second-order valence-electron chi connectivity index (χ2n) is 5.49. The minimum Gasteiger partial charge on any atom is -0.497 e. The van der Waals surface area contributed by atoms with Gasteiger partial charge in [-0.05, 0) is 68.5 Å². The van der Waals surface area contributed by atoms with Crippen LogP contribution in [0.5, 0.6) is 5.75 Å². The van der Waals surface area contributed by atoms with Crippen molar-refractivity contribution in [3.05, 3.63) is 29.3 Å². The third-order valence-corrected chi connectivity index (χ3v) is 4.52. The molecule has 0 radical (unpaired) electrons. The van der Waals surface area contributed by atoms with Gasteiger partial charge in [-0.15, -0.1) is 0 Å². The van der Waals surface area contributed by atoms with E-state index in [2.05, 4.69) is 30.1 Å². The minimum atomic E-state index is 0.768. The standard InChI is InChI=1S/C15H21NO/c1-16-7-3-4-12-8-13-9-14(17-2)6-5-11(13)10-15(12)16/h5-6,9,12,15H,3-4,7-8,10H2,1-2H3. The van der Waals surface area contributed by atoms with Gasteiger partial charge in [-0.3, -0.25) is 0 Å². The Morgan fingerprint density at radius 1 is 1.24 bits per heavy atom. The van der Waals surface area contributed by atoms with Crippen LogP contribution in [-0.2, 0) is 12.8 Å². The van der Waals surface area contributed by atoms with Crippen LogP contribution in [0.1, 0.15) is 24.0 Å². The molecule has 0 N–H and O–H groups in total. The summed E-state index contributed by atoms with van der Waals surface area (Å²) in [5.74, 6) is 1.86. The van der Waals surface area contributed by atoms with Gasteiger partial charge in [0.05, 0.1) is 7.11 Å². The van der Waals surface area contributed by atoms with Crippen LogP contribution in [0.2, 0.25) is 0 Å². The monoisotopic (exact) mass is 231 g/mol. The van der Waals surface area contributed by atoms with Crippen LogP contribution >= 0.6 is 0 Å². The van der Waals surface area contributed by atoms with E-state index >= 15 is 0 Å². The molecule has 1 aliphatic heterocycles. The average Bonchev–Trinajstić information content (AvgIpc) is 2.36. The molecule has 92 valence electrons. The van der Waals surface area contributed by atoms with Crippen LogP contribution in [0.3, 0.4) is 0 Å². The number of fused-ring (bicyclic) bond motifs is 2. The molecule has 2 unspecified atom stereocenters. The normalized spacial score (nSPS) is 28.4. The van der Waals surface area contributed by atoms with Gasteiger partial charge < -0.3 is 9.64 Å². The second-order valence-corrected chi connectivity index (χ2v) is 5.49. The molecule has 17 heavy (non-hydrogen) atoms. The molecule has 0 amide bonds. The summed E-state index contributed by atoms with van der Waals surface area (Å²) >= 11 is 0. The highest BCUT2D eigenvalue weighted by Gasteiger charge is 2.33. The SMILES string of the molecule is COc1ccc2c(c1)CC1CCCN(C)C1C2. The quantitative estimate of drug-likeness (QED) is 0.736. The van der Waals surface area contributed by atoms with E-state index in [1.807, 2.05) is 0 Å². The maximum absolute atomic E-state index is 5.33. The number of likely N-dealkylation sites (tertiary alicyclic amines) is 1. The molecule has 1 heterocycles. The molecule has 2 atom stereocenters. The Labute approximate surface area is 104 Å². The molecule has 1 aliphatic carbocycles. The molecule has 1 aromatic rings. The zero-order valence-electron chi connectivity index (χ0n) is 10.8. The van der Waals surface area contributed by atoms with E-state index < -0.39 is 0 Å². The summed E-state index contributed by atoms with van der Waals surface area (Å²) in [5.41, 5.74) is 3.04. The predicted octanol–water partition coefficient (Wildman–Crippen LogP) is 2.50. The van der Waals surface area contributed by atoms with Gasteiger partial charge in [0, 0.05) is 6.04 Å². The fraction of sp³-hybridized carbons (Fsp3) is 0.600. The number of ether oxygens (including phenoxy) is 1. The van der Waals surface area contributed by atoms with Crippen LogP contribution in [0, 0.1) is 5.92 Å². The smallest absolute Gasteiger partial charge is 0.119 e. The van der Waals surface area contributed by atoms with E-state index in [1.165, 1.54) is 43.4 Å². The topological polar surface area (TPSA) is 12.5 Å². The number of benzene rings is 1. The maximum atomic E-state index is 5.33. The van der Waals surface area contributed by atoms with Crippen molar-refractivity contribution in [2.75, 3.05) is 20.7 Å². The minimum absolute atomic E-state index is 0.768. The van der Waals surface area contributed by atoms with Crippen LogP contribution in [0.25, 0.3) is 0 Å². The Balaban J connectivity index is 1.90. The summed E-state index contributed by atoms with van der Waals surface area (Å²) in [6.45, 7) is 1.27. The van der Waals surface area contributed by atoms with Crippen molar-refractivity contribution >= 4 is 0 Å². The first kappa shape index (κ1) is 11.1. The third kappa shape index (κ3) is 1.95. The van der Waals surface area contributed by atoms with Crippen molar-refractivity contribution in [1.29, 1.82) is 0 Å². The van der Waals surface area contributed by atoms with Crippen molar-refractivity contribution in [2.45, 2.75) is 31.7 Å². The average molecular weight is 231 g/mol. The molecule has 1 fully saturated rings. The van der Waals surface area contributed by atoms with Crippen LogP contribution < -0.4 is 4.74 Å². The number of nitrogens with zero attached hydrogens (tertiary/aromatic N) is 1. The lowest BCUT2D eigenvalue weighted by atomic mass is 9.75. The Morgan fingerprint density at radius 2 is 2.12 bits per heavy atom. The van der Waals surface area contributed by atoms with Crippen LogP contribution in [0.4, 0.5) is 0 Å². The Bertz CT molecular complexity index is 415. The first-order chi connectivity index (χ1) is 8.28. The zero-order chi connectivity index (χ0) is 11.8. The Morgan fingerprint density at radius 3 is 2.94 bits per heavy atom. The molecule has 0 aromatic heterocycles. The Kier molecular flexibility index (Phi) is 2.83. The van der Waals surface area contributed by atoms with Crippen LogP contribution in [0.15, 0.2) is 18.2 Å². The summed E-state index contributed by atoms with van der Waals surface area (Å²) in [4.78, 5) is 2.56. The van der Waals surface area contributed by atoms with Crippen LogP contribution in [-0.4, -0.2) is 31.6 Å². The molecule has 0 saturated carbocycles. The summed E-state index contributed by atoms with van der Waals surface area (Å²) in [6.07, 6.45) is 5.21. The lowest BCUT2D eigenvalue weighted by molar-refractivity contribution is 0.112. The molecule has 0 bridgehead atoms. The lowest BCUT2D eigenvalue weighted by Crippen LogP contribution is -2.47. The second kappa shape index (κ2) is 4.34. The molecule has 2 aliphatic rings. The number of hydrogen-bond acceptors (Lipinski definition) is 2. The van der Waals surface area contributed by atoms with E-state index in [9.17, 15) is 0 Å². The van der Waals surface area contributed by atoms with Gasteiger partial charge in [-0.25, -0.2) is 0 Å². The zero-order valence-corrected chi connectivity index (χ0v) is 10.8. The third-order valence-electron chi connectivity index (χ3n) is 4.52. The number of rotatable bonds is 1. The first-order valence-electron chi connectivity index (χ1n) is 6.64. The van der Waals surface area contributed by atoms with Gasteiger partial charge in [-0.1, -0.05) is 6.07 Å². The van der Waals surface area contributed by atoms with E-state index in [1.54, 1.807) is 7.11 Å². The largest absolute Gasteiger partial charge is 0.497 e. The molecule has 3 rings (SSSR count). The summed E-state index contributed by atoms with van der Waals surface area (Å²) in [7, 11) is 4.03. The molecule has 2 heteroatoms. The fourth-order valence-electron chi connectivity index (χ4n) is 3.51. The number of methoxy groups -OCH3 is 1. The van der Waals surface area contributed by atoms with Crippen molar-refractivity contribution in [2.24, 2.45) is 5.92 Å². The first-order valence-corrected chi connectivity index (χ1v) is 6.64. The highest BCUT2D eigenvalue weighted by molar-refractivity contribution is 5.38. The highest BCUT2D eigenvalue weighted by Crippen LogP contribution is 2.35. The van der Waals surface area contributed by atoms with Gasteiger partial charge in [0.2, 0.25) is 0 Å². The van der Waals surface area contributed by atoms with E-state index in [4.69, 9.17) is 4.74 Å². The molecule has 2 nitrogen and oxygen atoms in total. The van der Waals surface area contributed by atoms with Gasteiger partial charge in [0.1, 0.15) is 5.75 Å². The highest BCUT2D eigenvalue weighted by atomic mass is 16.5. The van der Waals surface area contributed by atoms with E-state index in [-0.39, 0.29) is 0 Å². The summed E-state index contributed by atoms with van der Waals surface area (Å²) in [6, 6.07) is 7.36. The predicted molar refractivity (Wildman–Crippen MR) is 69.5 cm³/mol. The molecule has 1 aromatic carbocycles. The lowest BCUT2D eigenvalue weighted by Gasteiger charge is -2.43. The van der Waals surface area contributed by atoms with Crippen molar-refractivity contribution in [3.8, 4) is 5.75 Å². The Hall–Kier alpha value is -1.02. The van der Waals surface area contributed by atoms with Gasteiger partial charge in [0.25, 0.3) is 0 Å². The molecular formula is C15H21NO. The van der Waals surface area contributed by atoms with Crippen molar-refractivity contribution < 1.29 is 4.74 Å². The summed E-state index contributed by atoms with van der Waals surface area (Å²) < 4.78 is 5.33. The number of hydrogen-bond donors (Lipinski definition) is 0. The molecule has 1 saturated heterocycles. The van der Waals surface area contributed by atoms with Gasteiger partial charge in [-0.2, -0.15) is 0 Å². The summed E-state index contributed by atoms with van der Waals surface area (Å²) in [5, 5.41) is 0. The fourth-order valence-corrected chi connectivity index (χ4v) is 3.51. The maximum Gasteiger partial charge on any atom is 0.119 e. The van der Waals surface area contributed by atoms with Crippen molar-refractivity contribution in [3.63, 3.8) is 0 Å².